The van der Waals surface area contributed by atoms with E-state index < -0.39 is 0 Å². The number of benzene rings is 1. The minimum atomic E-state index is 0.590. The summed E-state index contributed by atoms with van der Waals surface area (Å²) in [7, 11) is 0. The Morgan fingerprint density at radius 1 is 1.32 bits per heavy atom. The van der Waals surface area contributed by atoms with Gasteiger partial charge in [-0.25, -0.2) is 0 Å². The SMILES string of the molecule is CC(CCNCc1cc(Br)c(Cl)s1)c1ccccc1. The van der Waals surface area contributed by atoms with Crippen LogP contribution >= 0.6 is 38.9 Å². The van der Waals surface area contributed by atoms with Gasteiger partial charge in [0.05, 0.1) is 0 Å². The maximum atomic E-state index is 6.02. The summed E-state index contributed by atoms with van der Waals surface area (Å²) in [5.41, 5.74) is 1.41. The molecule has 1 nitrogen and oxygen atoms in total. The van der Waals surface area contributed by atoms with E-state index in [9.17, 15) is 0 Å². The molecule has 0 saturated heterocycles. The zero-order valence-corrected chi connectivity index (χ0v) is 14.0. The van der Waals surface area contributed by atoms with E-state index in [2.05, 4.69) is 64.6 Å². The van der Waals surface area contributed by atoms with Gasteiger partial charge in [0.15, 0.2) is 0 Å². The van der Waals surface area contributed by atoms with Crippen LogP contribution in [0.15, 0.2) is 40.9 Å². The summed E-state index contributed by atoms with van der Waals surface area (Å²) < 4.78 is 1.82. The van der Waals surface area contributed by atoms with Crippen LogP contribution in [0.1, 0.15) is 29.7 Å². The van der Waals surface area contributed by atoms with Crippen molar-refractivity contribution in [2.75, 3.05) is 6.54 Å². The topological polar surface area (TPSA) is 12.0 Å². The predicted octanol–water partition coefficient (Wildman–Crippen LogP) is 5.45. The van der Waals surface area contributed by atoms with E-state index in [-0.39, 0.29) is 0 Å². The van der Waals surface area contributed by atoms with Gasteiger partial charge in [0.1, 0.15) is 4.34 Å². The molecule has 0 amide bonds. The van der Waals surface area contributed by atoms with Crippen molar-refractivity contribution in [3.63, 3.8) is 0 Å². The van der Waals surface area contributed by atoms with Gasteiger partial charge >= 0.3 is 0 Å². The molecule has 1 unspecified atom stereocenters. The highest BCUT2D eigenvalue weighted by Gasteiger charge is 2.06. The molecule has 1 N–H and O–H groups in total. The largest absolute Gasteiger partial charge is 0.312 e. The minimum Gasteiger partial charge on any atom is -0.312 e. The molecule has 0 aliphatic heterocycles. The van der Waals surface area contributed by atoms with Gasteiger partial charge in [0.25, 0.3) is 0 Å². The number of rotatable bonds is 6. The lowest BCUT2D eigenvalue weighted by Crippen LogP contribution is -2.15. The van der Waals surface area contributed by atoms with E-state index in [4.69, 9.17) is 11.6 Å². The third-order valence-corrected chi connectivity index (χ3v) is 5.59. The second kappa shape index (κ2) is 7.44. The van der Waals surface area contributed by atoms with Crippen molar-refractivity contribution < 1.29 is 0 Å². The van der Waals surface area contributed by atoms with Crippen molar-refractivity contribution in [1.29, 1.82) is 0 Å². The quantitative estimate of drug-likeness (QED) is 0.677. The Morgan fingerprint density at radius 2 is 2.05 bits per heavy atom. The first-order chi connectivity index (χ1) is 9.16. The van der Waals surface area contributed by atoms with Crippen LogP contribution in [0.2, 0.25) is 4.34 Å². The lowest BCUT2D eigenvalue weighted by atomic mass is 9.98. The van der Waals surface area contributed by atoms with Crippen LogP contribution in [0, 0.1) is 0 Å². The Hall–Kier alpha value is -0.350. The molecule has 102 valence electrons. The van der Waals surface area contributed by atoms with Gasteiger partial charge in [-0.1, -0.05) is 48.9 Å². The maximum absolute atomic E-state index is 6.02. The zero-order valence-electron chi connectivity index (χ0n) is 10.8. The fourth-order valence-electron chi connectivity index (χ4n) is 1.96. The van der Waals surface area contributed by atoms with E-state index in [0.29, 0.717) is 5.92 Å². The highest BCUT2D eigenvalue weighted by molar-refractivity contribution is 9.10. The number of thiophene rings is 1. The highest BCUT2D eigenvalue weighted by atomic mass is 79.9. The zero-order chi connectivity index (χ0) is 13.7. The van der Waals surface area contributed by atoms with Crippen molar-refractivity contribution in [3.8, 4) is 0 Å². The highest BCUT2D eigenvalue weighted by Crippen LogP contribution is 2.31. The molecule has 0 saturated carbocycles. The van der Waals surface area contributed by atoms with E-state index in [0.717, 1.165) is 28.3 Å². The molecule has 1 aromatic heterocycles. The number of halogens is 2. The Bertz CT molecular complexity index is 493. The van der Waals surface area contributed by atoms with Gasteiger partial charge < -0.3 is 5.32 Å². The first kappa shape index (κ1) is 15.0. The molecule has 0 fully saturated rings. The first-order valence-corrected chi connectivity index (χ1v) is 8.35. The summed E-state index contributed by atoms with van der Waals surface area (Å²) in [6, 6.07) is 12.7. The average Bonchev–Trinajstić information content (AvgIpc) is 2.74. The molecular weight excluding hydrogens is 342 g/mol. The van der Waals surface area contributed by atoms with Gasteiger partial charge in [-0.15, -0.1) is 11.3 Å². The van der Waals surface area contributed by atoms with Crippen molar-refractivity contribution in [1.82, 2.24) is 5.32 Å². The van der Waals surface area contributed by atoms with E-state index in [1.165, 1.54) is 10.4 Å². The standard InChI is InChI=1S/C15H17BrClNS/c1-11(12-5-3-2-4-6-12)7-8-18-10-13-9-14(16)15(17)19-13/h2-6,9,11,18H,7-8,10H2,1H3. The van der Waals surface area contributed by atoms with Gasteiger partial charge in [-0.05, 0) is 46.4 Å². The molecule has 1 aromatic carbocycles. The van der Waals surface area contributed by atoms with E-state index in [1.807, 2.05) is 0 Å². The summed E-state index contributed by atoms with van der Waals surface area (Å²) >= 11 is 11.1. The van der Waals surface area contributed by atoms with Crippen LogP contribution in [0.4, 0.5) is 0 Å². The molecule has 0 aliphatic rings. The molecule has 0 spiro atoms. The van der Waals surface area contributed by atoms with Crippen molar-refractivity contribution in [3.05, 3.63) is 55.6 Å². The number of hydrogen-bond acceptors (Lipinski definition) is 2. The fourth-order valence-corrected chi connectivity index (χ4v) is 3.72. The summed E-state index contributed by atoms with van der Waals surface area (Å²) in [6.07, 6.45) is 1.14. The van der Waals surface area contributed by atoms with Gasteiger partial charge in [0, 0.05) is 15.9 Å². The molecule has 0 radical (unpaired) electrons. The molecular formula is C15H17BrClNS. The first-order valence-electron chi connectivity index (χ1n) is 6.36. The maximum Gasteiger partial charge on any atom is 0.107 e. The summed E-state index contributed by atoms with van der Waals surface area (Å²) in [4.78, 5) is 1.27. The fraction of sp³-hybridized carbons (Fsp3) is 0.333. The summed E-state index contributed by atoms with van der Waals surface area (Å²) in [6.45, 7) is 4.18. The molecule has 2 aromatic rings. The number of nitrogens with one attached hydrogen (secondary N) is 1. The van der Waals surface area contributed by atoms with Crippen molar-refractivity contribution in [2.24, 2.45) is 0 Å². The average molecular weight is 359 g/mol. The van der Waals surface area contributed by atoms with Gasteiger partial charge in [-0.3, -0.25) is 0 Å². The molecule has 2 rings (SSSR count). The lowest BCUT2D eigenvalue weighted by molar-refractivity contribution is 0.597. The van der Waals surface area contributed by atoms with Crippen LogP contribution in [0.25, 0.3) is 0 Å². The van der Waals surface area contributed by atoms with Crippen LogP contribution in [-0.4, -0.2) is 6.54 Å². The Balaban J connectivity index is 1.72. The normalized spacial score (nSPS) is 12.6. The third-order valence-electron chi connectivity index (χ3n) is 3.12. The molecule has 0 aliphatic carbocycles. The molecule has 4 heteroatoms. The van der Waals surface area contributed by atoms with Crippen LogP contribution in [0.3, 0.4) is 0 Å². The second-order valence-corrected chi connectivity index (χ2v) is 7.20. The van der Waals surface area contributed by atoms with Gasteiger partial charge in [-0.2, -0.15) is 0 Å². The Kier molecular flexibility index (Phi) is 5.89. The lowest BCUT2D eigenvalue weighted by Gasteiger charge is -2.12. The Labute approximate surface area is 132 Å². The predicted molar refractivity (Wildman–Crippen MR) is 88.2 cm³/mol. The Morgan fingerprint density at radius 3 is 2.68 bits per heavy atom. The summed E-state index contributed by atoms with van der Waals surface area (Å²) in [5, 5.41) is 3.47. The number of hydrogen-bond donors (Lipinski definition) is 1. The molecule has 19 heavy (non-hydrogen) atoms. The van der Waals surface area contributed by atoms with Crippen LogP contribution < -0.4 is 5.32 Å². The smallest absolute Gasteiger partial charge is 0.107 e. The monoisotopic (exact) mass is 357 g/mol. The molecule has 1 atom stereocenters. The van der Waals surface area contributed by atoms with Crippen LogP contribution in [-0.2, 0) is 6.54 Å². The minimum absolute atomic E-state index is 0.590. The molecule has 0 bridgehead atoms. The van der Waals surface area contributed by atoms with E-state index in [1.54, 1.807) is 11.3 Å². The molecule has 1 heterocycles. The van der Waals surface area contributed by atoms with Crippen molar-refractivity contribution in [2.45, 2.75) is 25.8 Å². The van der Waals surface area contributed by atoms with Crippen LogP contribution in [0.5, 0.6) is 0 Å². The summed E-state index contributed by atoms with van der Waals surface area (Å²) in [5.74, 6) is 0.590. The third kappa shape index (κ3) is 4.60. The second-order valence-electron chi connectivity index (χ2n) is 4.61. The van der Waals surface area contributed by atoms with Gasteiger partial charge in [0.2, 0.25) is 0 Å². The van der Waals surface area contributed by atoms with Crippen molar-refractivity contribution >= 4 is 38.9 Å². The van der Waals surface area contributed by atoms with E-state index >= 15 is 0 Å².